The Kier molecular flexibility index (Phi) is 4.46. The summed E-state index contributed by atoms with van der Waals surface area (Å²) >= 11 is 0. The molecule has 10 heteroatoms. The first-order valence-corrected chi connectivity index (χ1v) is 9.77. The normalized spacial score (nSPS) is 18.3. The fraction of sp³-hybridized carbons (Fsp3) is 0.467. The third-order valence-corrected chi connectivity index (χ3v) is 5.42. The largest absolute Gasteiger partial charge is 0.365 e. The van der Waals surface area contributed by atoms with Gasteiger partial charge in [0.15, 0.2) is 15.7 Å². The van der Waals surface area contributed by atoms with Gasteiger partial charge in [-0.15, -0.1) is 0 Å². The summed E-state index contributed by atoms with van der Waals surface area (Å²) in [7, 11) is -3.50. The van der Waals surface area contributed by atoms with Crippen LogP contribution in [0.15, 0.2) is 23.1 Å². The highest BCUT2D eigenvalue weighted by Gasteiger charge is 2.29. The van der Waals surface area contributed by atoms with Crippen LogP contribution in [0.1, 0.15) is 30.4 Å². The van der Waals surface area contributed by atoms with Crippen molar-refractivity contribution < 1.29 is 13.3 Å². The lowest BCUT2D eigenvalue weighted by Crippen LogP contribution is -2.35. The quantitative estimate of drug-likeness (QED) is 0.647. The molecule has 3 rings (SSSR count). The number of hydrogen-bond acceptors (Lipinski definition) is 7. The van der Waals surface area contributed by atoms with Gasteiger partial charge in [0.2, 0.25) is 0 Å². The summed E-state index contributed by atoms with van der Waals surface area (Å²) in [5, 5.41) is 18.5. The maximum absolute atomic E-state index is 11.7. The zero-order valence-electron chi connectivity index (χ0n) is 14.0. The lowest BCUT2D eigenvalue weighted by molar-refractivity contribution is -0.384. The van der Waals surface area contributed by atoms with E-state index in [2.05, 4.69) is 15.2 Å². The van der Waals surface area contributed by atoms with E-state index in [0.29, 0.717) is 24.6 Å². The maximum Gasteiger partial charge on any atom is 0.293 e. The molecule has 2 heterocycles. The van der Waals surface area contributed by atoms with Crippen LogP contribution in [0.5, 0.6) is 0 Å². The third-order valence-electron chi connectivity index (χ3n) is 4.31. The van der Waals surface area contributed by atoms with Crippen molar-refractivity contribution in [3.05, 3.63) is 40.0 Å². The van der Waals surface area contributed by atoms with E-state index >= 15 is 0 Å². The number of nitro groups is 1. The number of aromatic amines is 1. The molecule has 0 spiro atoms. The molecule has 1 unspecified atom stereocenters. The summed E-state index contributed by atoms with van der Waals surface area (Å²) < 4.78 is 23.4. The predicted octanol–water partition coefficient (Wildman–Crippen LogP) is 1.81. The van der Waals surface area contributed by atoms with E-state index in [1.807, 2.05) is 11.8 Å². The molecular weight excluding hydrogens is 346 g/mol. The van der Waals surface area contributed by atoms with Crippen molar-refractivity contribution in [1.82, 2.24) is 15.2 Å². The Bertz CT molecular complexity index is 908. The number of sulfone groups is 1. The van der Waals surface area contributed by atoms with Gasteiger partial charge in [-0.05, 0) is 31.9 Å². The average molecular weight is 365 g/mol. The predicted molar refractivity (Wildman–Crippen MR) is 91.5 cm³/mol. The van der Waals surface area contributed by atoms with Crippen LogP contribution in [0.25, 0.3) is 0 Å². The van der Waals surface area contributed by atoms with Gasteiger partial charge >= 0.3 is 0 Å². The molecule has 9 nitrogen and oxygen atoms in total. The van der Waals surface area contributed by atoms with Crippen LogP contribution < -0.4 is 4.90 Å². The van der Waals surface area contributed by atoms with Gasteiger partial charge in [-0.25, -0.2) is 13.4 Å². The molecular formula is C15H19N5O4S. The summed E-state index contributed by atoms with van der Waals surface area (Å²) in [5.41, 5.74) is 0.226. The lowest BCUT2D eigenvalue weighted by atomic mass is 9.96. The van der Waals surface area contributed by atoms with Crippen LogP contribution in [0, 0.1) is 17.0 Å². The monoisotopic (exact) mass is 365 g/mol. The standard InChI is InChI=1S/C15H19N5O4S/c1-10-16-15(18-17-10)11-4-3-7-19(9-11)13-6-5-12(25(2,23)24)8-14(13)20(21)22/h5-6,8,11H,3-4,7,9H2,1-2H3,(H,16,17,18). The minimum atomic E-state index is -3.50. The molecule has 25 heavy (non-hydrogen) atoms. The van der Waals surface area contributed by atoms with Gasteiger partial charge in [0.1, 0.15) is 11.5 Å². The molecule has 1 atom stereocenters. The van der Waals surface area contributed by atoms with E-state index in [1.165, 1.54) is 12.1 Å². The summed E-state index contributed by atoms with van der Waals surface area (Å²) in [6, 6.07) is 4.06. The number of hydrogen-bond donors (Lipinski definition) is 1. The van der Waals surface area contributed by atoms with Gasteiger partial charge in [-0.3, -0.25) is 15.2 Å². The Hall–Kier alpha value is -2.49. The first kappa shape index (κ1) is 17.3. The fourth-order valence-electron chi connectivity index (χ4n) is 3.10. The number of nitrogens with zero attached hydrogens (tertiary/aromatic N) is 4. The molecule has 1 aromatic heterocycles. The fourth-order valence-corrected chi connectivity index (χ4v) is 3.74. The van der Waals surface area contributed by atoms with Crippen LogP contribution >= 0.6 is 0 Å². The minimum absolute atomic E-state index is 0.0545. The van der Waals surface area contributed by atoms with Crippen LogP contribution in [0.3, 0.4) is 0 Å². The second kappa shape index (κ2) is 6.43. The van der Waals surface area contributed by atoms with Crippen molar-refractivity contribution in [2.24, 2.45) is 0 Å². The van der Waals surface area contributed by atoms with Gasteiger partial charge in [-0.2, -0.15) is 5.10 Å². The first-order valence-electron chi connectivity index (χ1n) is 7.88. The maximum atomic E-state index is 11.7. The molecule has 0 saturated carbocycles. The van der Waals surface area contributed by atoms with Crippen LogP contribution in [-0.2, 0) is 9.84 Å². The highest BCUT2D eigenvalue weighted by molar-refractivity contribution is 7.90. The van der Waals surface area contributed by atoms with Gasteiger partial charge in [-0.1, -0.05) is 0 Å². The Morgan fingerprint density at radius 3 is 2.76 bits per heavy atom. The van der Waals surface area contributed by atoms with Crippen molar-refractivity contribution in [3.8, 4) is 0 Å². The van der Waals surface area contributed by atoms with Gasteiger partial charge in [0.05, 0.1) is 9.82 Å². The molecule has 0 radical (unpaired) electrons. The van der Waals surface area contributed by atoms with E-state index in [1.54, 1.807) is 0 Å². The summed E-state index contributed by atoms with van der Waals surface area (Å²) in [5.74, 6) is 1.51. The SMILES string of the molecule is Cc1nc(C2CCCN(c3ccc(S(C)(=O)=O)cc3[N+](=O)[O-])C2)n[nH]1. The summed E-state index contributed by atoms with van der Waals surface area (Å²) in [6.45, 7) is 3.04. The number of rotatable bonds is 4. The van der Waals surface area contributed by atoms with Crippen molar-refractivity contribution in [1.29, 1.82) is 0 Å². The Labute approximate surface area is 145 Å². The third kappa shape index (κ3) is 3.63. The van der Waals surface area contributed by atoms with Crippen molar-refractivity contribution >= 4 is 21.2 Å². The minimum Gasteiger partial charge on any atom is -0.365 e. The zero-order chi connectivity index (χ0) is 18.2. The van der Waals surface area contributed by atoms with Gasteiger partial charge in [0, 0.05) is 31.3 Å². The molecule has 1 saturated heterocycles. The second-order valence-corrected chi connectivity index (χ2v) is 8.26. The second-order valence-electron chi connectivity index (χ2n) is 6.24. The number of H-pyrrole nitrogens is 1. The smallest absolute Gasteiger partial charge is 0.293 e. The first-order chi connectivity index (χ1) is 11.8. The molecule has 0 bridgehead atoms. The van der Waals surface area contributed by atoms with E-state index in [9.17, 15) is 18.5 Å². The number of anilines is 1. The molecule has 1 aliphatic rings. The molecule has 1 aromatic carbocycles. The zero-order valence-corrected chi connectivity index (χ0v) is 14.8. The van der Waals surface area contributed by atoms with Gasteiger partial charge in [0.25, 0.3) is 5.69 Å². The number of benzene rings is 1. The van der Waals surface area contributed by atoms with E-state index in [4.69, 9.17) is 0 Å². The molecule has 134 valence electrons. The van der Waals surface area contributed by atoms with E-state index in [0.717, 1.165) is 31.0 Å². The number of aryl methyl sites for hydroxylation is 1. The number of aromatic nitrogens is 3. The van der Waals surface area contributed by atoms with Crippen molar-refractivity contribution in [2.45, 2.75) is 30.6 Å². The van der Waals surface area contributed by atoms with Crippen molar-refractivity contribution in [2.75, 3.05) is 24.2 Å². The topological polar surface area (TPSA) is 122 Å². The van der Waals surface area contributed by atoms with Gasteiger partial charge < -0.3 is 4.90 Å². The lowest BCUT2D eigenvalue weighted by Gasteiger charge is -2.32. The molecule has 2 aromatic rings. The summed E-state index contributed by atoms with van der Waals surface area (Å²) in [6.07, 6.45) is 2.79. The summed E-state index contributed by atoms with van der Waals surface area (Å²) in [4.78, 5) is 17.1. The number of nitrogens with one attached hydrogen (secondary N) is 1. The molecule has 0 aliphatic carbocycles. The Morgan fingerprint density at radius 1 is 1.40 bits per heavy atom. The number of nitro benzene ring substituents is 1. The Balaban J connectivity index is 1.93. The Morgan fingerprint density at radius 2 is 2.16 bits per heavy atom. The highest BCUT2D eigenvalue weighted by atomic mass is 32.2. The van der Waals surface area contributed by atoms with E-state index in [-0.39, 0.29) is 16.5 Å². The van der Waals surface area contributed by atoms with Crippen LogP contribution in [0.2, 0.25) is 0 Å². The van der Waals surface area contributed by atoms with E-state index < -0.39 is 14.8 Å². The number of piperidine rings is 1. The van der Waals surface area contributed by atoms with Crippen molar-refractivity contribution in [3.63, 3.8) is 0 Å². The average Bonchev–Trinajstić information content (AvgIpc) is 3.00. The molecule has 1 fully saturated rings. The molecule has 1 N–H and O–H groups in total. The van der Waals surface area contributed by atoms with Crippen LogP contribution in [-0.4, -0.2) is 47.9 Å². The highest BCUT2D eigenvalue weighted by Crippen LogP contribution is 2.35. The molecule has 0 amide bonds. The van der Waals surface area contributed by atoms with Crippen LogP contribution in [0.4, 0.5) is 11.4 Å². The molecule has 1 aliphatic heterocycles.